The molecular formula is C18H21BrN2O3S2. The lowest BCUT2D eigenvalue weighted by molar-refractivity contribution is -0.132. The molecule has 1 aromatic carbocycles. The number of carbonyl (C=O) groups excluding carboxylic acids is 1. The minimum atomic E-state index is -3.47. The van der Waals surface area contributed by atoms with Gasteiger partial charge in [0, 0.05) is 32.6 Å². The second-order valence-electron chi connectivity index (χ2n) is 6.33. The summed E-state index contributed by atoms with van der Waals surface area (Å²) in [7, 11) is -3.47. The molecular weight excluding hydrogens is 436 g/mol. The first kappa shape index (κ1) is 19.5. The average molecular weight is 457 g/mol. The Balaban J connectivity index is 1.54. The number of thiophene rings is 1. The van der Waals surface area contributed by atoms with Crippen molar-refractivity contribution in [1.29, 1.82) is 0 Å². The maximum atomic E-state index is 12.6. The van der Waals surface area contributed by atoms with Crippen LogP contribution in [0.5, 0.6) is 0 Å². The molecule has 8 heteroatoms. The van der Waals surface area contributed by atoms with Crippen molar-refractivity contribution in [1.82, 2.24) is 9.21 Å². The molecule has 2 aromatic rings. The second-order valence-corrected chi connectivity index (χ2v) is 11.0. The van der Waals surface area contributed by atoms with Gasteiger partial charge in [-0.05, 0) is 47.0 Å². The Morgan fingerprint density at radius 2 is 1.88 bits per heavy atom. The Morgan fingerprint density at radius 3 is 2.50 bits per heavy atom. The topological polar surface area (TPSA) is 57.7 Å². The maximum Gasteiger partial charge on any atom is 0.252 e. The van der Waals surface area contributed by atoms with E-state index in [1.807, 2.05) is 25.1 Å². The zero-order chi connectivity index (χ0) is 18.7. The third-order valence-electron chi connectivity index (χ3n) is 4.44. The van der Waals surface area contributed by atoms with Crippen LogP contribution in [0.25, 0.3) is 0 Å². The summed E-state index contributed by atoms with van der Waals surface area (Å²) in [6.45, 7) is 3.61. The minimum absolute atomic E-state index is 0.0856. The zero-order valence-electron chi connectivity index (χ0n) is 14.5. The largest absolute Gasteiger partial charge is 0.340 e. The maximum absolute atomic E-state index is 12.6. The summed E-state index contributed by atoms with van der Waals surface area (Å²) in [4.78, 5) is 14.2. The molecule has 1 fully saturated rings. The number of amides is 1. The molecule has 0 aliphatic carbocycles. The number of piperazine rings is 1. The van der Waals surface area contributed by atoms with E-state index in [-0.39, 0.29) is 5.91 Å². The number of halogens is 1. The van der Waals surface area contributed by atoms with Crippen molar-refractivity contribution in [3.8, 4) is 0 Å². The number of sulfonamides is 1. The van der Waals surface area contributed by atoms with Crippen LogP contribution in [0.4, 0.5) is 0 Å². The fourth-order valence-electron chi connectivity index (χ4n) is 3.02. The lowest BCUT2D eigenvalue weighted by Crippen LogP contribution is -2.50. The smallest absolute Gasteiger partial charge is 0.252 e. The lowest BCUT2D eigenvalue weighted by Gasteiger charge is -2.33. The third kappa shape index (κ3) is 4.54. The van der Waals surface area contributed by atoms with Gasteiger partial charge >= 0.3 is 0 Å². The Hall–Kier alpha value is -1.22. The molecule has 0 spiro atoms. The van der Waals surface area contributed by atoms with Crippen molar-refractivity contribution in [2.24, 2.45) is 0 Å². The minimum Gasteiger partial charge on any atom is -0.340 e. The lowest BCUT2D eigenvalue weighted by atomic mass is 10.1. The molecule has 26 heavy (non-hydrogen) atoms. The van der Waals surface area contributed by atoms with E-state index in [0.717, 1.165) is 9.35 Å². The number of rotatable bonds is 5. The van der Waals surface area contributed by atoms with Gasteiger partial charge in [0.2, 0.25) is 5.91 Å². The monoisotopic (exact) mass is 456 g/mol. The molecule has 0 N–H and O–H groups in total. The first-order valence-electron chi connectivity index (χ1n) is 8.45. The molecule has 0 radical (unpaired) electrons. The SMILES string of the molecule is Cc1cccc(CCC(=O)N2CCN(S(=O)(=O)c3ccc(Br)s3)CC2)c1. The Kier molecular flexibility index (Phi) is 6.17. The highest BCUT2D eigenvalue weighted by Crippen LogP contribution is 2.29. The molecule has 0 unspecified atom stereocenters. The average Bonchev–Trinajstić information content (AvgIpc) is 3.07. The van der Waals surface area contributed by atoms with Gasteiger partial charge in [0.1, 0.15) is 4.21 Å². The van der Waals surface area contributed by atoms with Crippen molar-refractivity contribution in [3.63, 3.8) is 0 Å². The number of hydrogen-bond acceptors (Lipinski definition) is 4. The van der Waals surface area contributed by atoms with Crippen molar-refractivity contribution in [2.45, 2.75) is 24.0 Å². The van der Waals surface area contributed by atoms with Gasteiger partial charge in [-0.25, -0.2) is 8.42 Å². The summed E-state index contributed by atoms with van der Waals surface area (Å²) in [6.07, 6.45) is 1.16. The summed E-state index contributed by atoms with van der Waals surface area (Å²) in [6, 6.07) is 11.5. The van der Waals surface area contributed by atoms with Crippen LogP contribution in [0.15, 0.2) is 44.4 Å². The van der Waals surface area contributed by atoms with Gasteiger partial charge in [0.15, 0.2) is 0 Å². The molecule has 5 nitrogen and oxygen atoms in total. The van der Waals surface area contributed by atoms with Crippen molar-refractivity contribution >= 4 is 43.2 Å². The molecule has 1 aliphatic heterocycles. The Labute approximate surface area is 166 Å². The normalized spacial score (nSPS) is 16.0. The van der Waals surface area contributed by atoms with E-state index in [4.69, 9.17) is 0 Å². The summed E-state index contributed by atoms with van der Waals surface area (Å²) in [5, 5.41) is 0. The van der Waals surface area contributed by atoms with E-state index in [2.05, 4.69) is 22.0 Å². The third-order valence-corrected chi connectivity index (χ3v) is 8.43. The predicted octanol–water partition coefficient (Wildman–Crippen LogP) is 3.28. The predicted molar refractivity (Wildman–Crippen MR) is 107 cm³/mol. The van der Waals surface area contributed by atoms with Gasteiger partial charge < -0.3 is 4.90 Å². The molecule has 1 amide bonds. The Morgan fingerprint density at radius 1 is 1.15 bits per heavy atom. The van der Waals surface area contributed by atoms with Crippen LogP contribution in [-0.2, 0) is 21.2 Å². The van der Waals surface area contributed by atoms with E-state index in [0.29, 0.717) is 43.2 Å². The van der Waals surface area contributed by atoms with Crippen LogP contribution in [0, 0.1) is 6.92 Å². The van der Waals surface area contributed by atoms with Gasteiger partial charge in [-0.1, -0.05) is 29.8 Å². The number of aryl methyl sites for hydroxylation is 2. The zero-order valence-corrected chi connectivity index (χ0v) is 17.7. The van der Waals surface area contributed by atoms with Gasteiger partial charge in [-0.3, -0.25) is 4.79 Å². The molecule has 1 aromatic heterocycles. The van der Waals surface area contributed by atoms with E-state index < -0.39 is 10.0 Å². The summed E-state index contributed by atoms with van der Waals surface area (Å²) in [5.74, 6) is 0.0856. The van der Waals surface area contributed by atoms with E-state index in [9.17, 15) is 13.2 Å². The van der Waals surface area contributed by atoms with Crippen LogP contribution < -0.4 is 0 Å². The van der Waals surface area contributed by atoms with Crippen molar-refractivity contribution in [2.75, 3.05) is 26.2 Å². The summed E-state index contributed by atoms with van der Waals surface area (Å²) >= 11 is 4.51. The molecule has 140 valence electrons. The second kappa shape index (κ2) is 8.21. The van der Waals surface area contributed by atoms with E-state index >= 15 is 0 Å². The van der Waals surface area contributed by atoms with Crippen molar-refractivity contribution < 1.29 is 13.2 Å². The fourth-order valence-corrected chi connectivity index (χ4v) is 6.60. The van der Waals surface area contributed by atoms with Gasteiger partial charge in [-0.15, -0.1) is 11.3 Å². The molecule has 1 aliphatic rings. The summed E-state index contributed by atoms with van der Waals surface area (Å²) in [5.41, 5.74) is 2.34. The van der Waals surface area contributed by atoms with Crippen LogP contribution in [0.3, 0.4) is 0 Å². The number of nitrogens with zero attached hydrogens (tertiary/aromatic N) is 2. The van der Waals surface area contributed by atoms with Gasteiger partial charge in [-0.2, -0.15) is 4.31 Å². The first-order valence-corrected chi connectivity index (χ1v) is 11.5. The van der Waals surface area contributed by atoms with Crippen molar-refractivity contribution in [3.05, 3.63) is 51.3 Å². The highest BCUT2D eigenvalue weighted by Gasteiger charge is 2.30. The molecule has 0 bridgehead atoms. The molecule has 3 rings (SSSR count). The quantitative estimate of drug-likeness (QED) is 0.693. The van der Waals surface area contributed by atoms with Crippen LogP contribution in [-0.4, -0.2) is 49.7 Å². The van der Waals surface area contributed by atoms with Gasteiger partial charge in [0.25, 0.3) is 10.0 Å². The van der Waals surface area contributed by atoms with Crippen LogP contribution in [0.1, 0.15) is 17.5 Å². The highest BCUT2D eigenvalue weighted by atomic mass is 79.9. The Bertz CT molecular complexity index is 887. The molecule has 1 saturated heterocycles. The standard InChI is InChI=1S/C18H21BrN2O3S2/c1-14-3-2-4-15(13-14)5-7-17(22)20-9-11-21(12-10-20)26(23,24)18-8-6-16(19)25-18/h2-4,6,8,13H,5,7,9-12H2,1H3. The number of hydrogen-bond donors (Lipinski definition) is 0. The highest BCUT2D eigenvalue weighted by molar-refractivity contribution is 9.11. The van der Waals surface area contributed by atoms with E-state index in [1.54, 1.807) is 17.0 Å². The van der Waals surface area contributed by atoms with Gasteiger partial charge in [0.05, 0.1) is 3.79 Å². The molecule has 0 saturated carbocycles. The van der Waals surface area contributed by atoms with Crippen LogP contribution in [0.2, 0.25) is 0 Å². The summed E-state index contributed by atoms with van der Waals surface area (Å²) < 4.78 is 27.9. The first-order chi connectivity index (χ1) is 12.4. The molecule has 2 heterocycles. The number of carbonyl (C=O) groups is 1. The van der Waals surface area contributed by atoms with Crippen LogP contribution >= 0.6 is 27.3 Å². The molecule has 0 atom stereocenters. The van der Waals surface area contributed by atoms with E-state index in [1.165, 1.54) is 21.2 Å². The number of benzene rings is 1. The fraction of sp³-hybridized carbons (Fsp3) is 0.389.